The molecule has 0 spiro atoms. The van der Waals surface area contributed by atoms with Gasteiger partial charge in [-0.25, -0.2) is 19.3 Å². The standard InChI is InChI=1S/C16H20FN5O5/c1-7(2)26-4-9-11(23)12(24)16(27-9)22-6-20-10-13(18-5-19-14(10)22)21-15(25)8(3)17/h5-7,9,11-12,16,23-24H,3-4H2,1-2H3,(H,18,19,21,25)/t9-,11+,12+,16+/m0/s1. The van der Waals surface area contributed by atoms with Crippen molar-refractivity contribution in [2.45, 2.75) is 44.5 Å². The number of nitrogens with zero attached hydrogens (tertiary/aromatic N) is 4. The van der Waals surface area contributed by atoms with Crippen molar-refractivity contribution in [3.05, 3.63) is 25.1 Å². The first-order valence-electron chi connectivity index (χ1n) is 8.26. The third-order valence-corrected chi connectivity index (χ3v) is 4.04. The third-order valence-electron chi connectivity index (χ3n) is 4.04. The Labute approximate surface area is 153 Å². The van der Waals surface area contributed by atoms with Crippen LogP contribution in [0.25, 0.3) is 11.2 Å². The second-order valence-corrected chi connectivity index (χ2v) is 6.33. The van der Waals surface area contributed by atoms with Gasteiger partial charge < -0.3 is 25.0 Å². The third kappa shape index (κ3) is 3.81. The van der Waals surface area contributed by atoms with Gasteiger partial charge >= 0.3 is 0 Å². The maximum absolute atomic E-state index is 12.9. The molecule has 3 N–H and O–H groups in total. The lowest BCUT2D eigenvalue weighted by Crippen LogP contribution is -2.34. The molecule has 1 aliphatic heterocycles. The SMILES string of the molecule is C=C(F)C(=O)Nc1ncnc2c1ncn2[C@@H]1O[C@@H](COC(C)C)[C@@H](O)[C@H]1O. The lowest BCUT2D eigenvalue weighted by Gasteiger charge is -2.17. The number of aliphatic hydroxyl groups is 2. The number of hydrogen-bond acceptors (Lipinski definition) is 8. The minimum Gasteiger partial charge on any atom is -0.387 e. The fraction of sp³-hybridized carbons (Fsp3) is 0.500. The second kappa shape index (κ2) is 7.64. The monoisotopic (exact) mass is 381 g/mol. The largest absolute Gasteiger partial charge is 0.387 e. The van der Waals surface area contributed by atoms with Crippen molar-refractivity contribution in [1.29, 1.82) is 0 Å². The van der Waals surface area contributed by atoms with E-state index in [4.69, 9.17) is 9.47 Å². The second-order valence-electron chi connectivity index (χ2n) is 6.33. The number of hydrogen-bond donors (Lipinski definition) is 3. The summed E-state index contributed by atoms with van der Waals surface area (Å²) in [5.41, 5.74) is 0.394. The van der Waals surface area contributed by atoms with E-state index >= 15 is 0 Å². The molecule has 10 nitrogen and oxygen atoms in total. The summed E-state index contributed by atoms with van der Waals surface area (Å²) in [6, 6.07) is 0. The highest BCUT2D eigenvalue weighted by atomic mass is 19.1. The first-order valence-corrected chi connectivity index (χ1v) is 8.26. The van der Waals surface area contributed by atoms with Gasteiger partial charge in [-0.05, 0) is 13.8 Å². The Balaban J connectivity index is 1.87. The summed E-state index contributed by atoms with van der Waals surface area (Å²) >= 11 is 0. The number of aromatic nitrogens is 4. The Hall–Kier alpha value is -2.47. The maximum Gasteiger partial charge on any atom is 0.284 e. The van der Waals surface area contributed by atoms with E-state index in [-0.39, 0.29) is 29.7 Å². The summed E-state index contributed by atoms with van der Waals surface area (Å²) in [5.74, 6) is -2.25. The van der Waals surface area contributed by atoms with Crippen LogP contribution >= 0.6 is 0 Å². The summed E-state index contributed by atoms with van der Waals surface area (Å²) in [4.78, 5) is 23.5. The van der Waals surface area contributed by atoms with Crippen molar-refractivity contribution in [3.8, 4) is 0 Å². The van der Waals surface area contributed by atoms with Crippen LogP contribution in [-0.4, -0.2) is 66.7 Å². The molecule has 0 bridgehead atoms. The molecule has 27 heavy (non-hydrogen) atoms. The van der Waals surface area contributed by atoms with Crippen LogP contribution in [0, 0.1) is 0 Å². The summed E-state index contributed by atoms with van der Waals surface area (Å²) in [7, 11) is 0. The molecule has 4 atom stereocenters. The molecular formula is C16H20FN5O5. The zero-order valence-corrected chi connectivity index (χ0v) is 14.7. The molecule has 1 fully saturated rings. The Morgan fingerprint density at radius 2 is 2.15 bits per heavy atom. The minimum absolute atomic E-state index is 0.0183. The number of imidazole rings is 1. The average molecular weight is 381 g/mol. The Bertz CT molecular complexity index is 857. The lowest BCUT2D eigenvalue weighted by atomic mass is 10.1. The van der Waals surface area contributed by atoms with Crippen LogP contribution in [0.1, 0.15) is 20.1 Å². The van der Waals surface area contributed by atoms with Gasteiger partial charge in [-0.15, -0.1) is 0 Å². The molecule has 1 amide bonds. The molecule has 2 aromatic rings. The predicted molar refractivity (Wildman–Crippen MR) is 91.2 cm³/mol. The zero-order chi connectivity index (χ0) is 19.7. The summed E-state index contributed by atoms with van der Waals surface area (Å²) in [6.07, 6.45) is -1.71. The number of amides is 1. The van der Waals surface area contributed by atoms with Crippen LogP contribution < -0.4 is 5.32 Å². The highest BCUT2D eigenvalue weighted by molar-refractivity contribution is 6.04. The quantitative estimate of drug-likeness (QED) is 0.609. The van der Waals surface area contributed by atoms with Crippen LogP contribution in [0.4, 0.5) is 10.2 Å². The van der Waals surface area contributed by atoms with Gasteiger partial charge in [0.25, 0.3) is 5.91 Å². The van der Waals surface area contributed by atoms with E-state index in [1.165, 1.54) is 10.9 Å². The minimum atomic E-state index is -1.25. The van der Waals surface area contributed by atoms with E-state index in [0.29, 0.717) is 0 Å². The van der Waals surface area contributed by atoms with Gasteiger partial charge in [0, 0.05) is 0 Å². The van der Waals surface area contributed by atoms with Gasteiger partial charge in [-0.3, -0.25) is 9.36 Å². The number of rotatable bonds is 6. The number of carbonyl (C=O) groups excluding carboxylic acids is 1. The lowest BCUT2D eigenvalue weighted by molar-refractivity contribution is -0.114. The smallest absolute Gasteiger partial charge is 0.284 e. The van der Waals surface area contributed by atoms with Crippen molar-refractivity contribution in [2.24, 2.45) is 0 Å². The molecule has 2 aromatic heterocycles. The van der Waals surface area contributed by atoms with Gasteiger partial charge in [0.2, 0.25) is 0 Å². The van der Waals surface area contributed by atoms with E-state index in [9.17, 15) is 19.4 Å². The van der Waals surface area contributed by atoms with E-state index in [0.717, 1.165) is 6.33 Å². The maximum atomic E-state index is 12.9. The zero-order valence-electron chi connectivity index (χ0n) is 14.7. The summed E-state index contributed by atoms with van der Waals surface area (Å²) in [5, 5.41) is 22.8. The molecule has 0 aromatic carbocycles. The van der Waals surface area contributed by atoms with Crippen LogP contribution in [0.5, 0.6) is 0 Å². The van der Waals surface area contributed by atoms with E-state index < -0.39 is 36.3 Å². The number of halogens is 1. The molecule has 146 valence electrons. The van der Waals surface area contributed by atoms with E-state index in [1.807, 2.05) is 13.8 Å². The molecule has 0 unspecified atom stereocenters. The van der Waals surface area contributed by atoms with Gasteiger partial charge in [0.05, 0.1) is 19.0 Å². The molecule has 0 radical (unpaired) electrons. The average Bonchev–Trinajstić information content (AvgIpc) is 3.16. The Morgan fingerprint density at radius 3 is 2.81 bits per heavy atom. The predicted octanol–water partition coefficient (Wildman–Crippen LogP) is 0.292. The van der Waals surface area contributed by atoms with E-state index in [1.54, 1.807) is 0 Å². The number of fused-ring (bicyclic) bond motifs is 1. The van der Waals surface area contributed by atoms with Crippen molar-refractivity contribution < 1.29 is 28.9 Å². The van der Waals surface area contributed by atoms with Crippen molar-refractivity contribution in [2.75, 3.05) is 11.9 Å². The molecular weight excluding hydrogens is 361 g/mol. The first-order chi connectivity index (χ1) is 12.8. The summed E-state index contributed by atoms with van der Waals surface area (Å²) in [6.45, 7) is 6.71. The number of carbonyl (C=O) groups is 1. The number of nitrogens with one attached hydrogen (secondary N) is 1. The van der Waals surface area contributed by atoms with Crippen LogP contribution in [0.15, 0.2) is 25.1 Å². The van der Waals surface area contributed by atoms with Crippen LogP contribution in [-0.2, 0) is 14.3 Å². The molecule has 0 saturated carbocycles. The highest BCUT2D eigenvalue weighted by Gasteiger charge is 2.44. The van der Waals surface area contributed by atoms with Gasteiger partial charge in [-0.1, -0.05) is 6.58 Å². The first kappa shape index (κ1) is 19.3. The summed E-state index contributed by atoms with van der Waals surface area (Å²) < 4.78 is 25.5. The van der Waals surface area contributed by atoms with Crippen LogP contribution in [0.2, 0.25) is 0 Å². The molecule has 0 aliphatic carbocycles. The topological polar surface area (TPSA) is 132 Å². The Morgan fingerprint density at radius 1 is 1.41 bits per heavy atom. The van der Waals surface area contributed by atoms with Gasteiger partial charge in [0.1, 0.15) is 24.6 Å². The molecule has 3 heterocycles. The highest BCUT2D eigenvalue weighted by Crippen LogP contribution is 2.32. The van der Waals surface area contributed by atoms with Crippen molar-refractivity contribution in [1.82, 2.24) is 19.5 Å². The molecule has 3 rings (SSSR count). The fourth-order valence-corrected chi connectivity index (χ4v) is 2.69. The molecule has 11 heteroatoms. The van der Waals surface area contributed by atoms with Crippen molar-refractivity contribution >= 4 is 22.9 Å². The molecule has 1 saturated heterocycles. The van der Waals surface area contributed by atoms with Crippen LogP contribution in [0.3, 0.4) is 0 Å². The Kier molecular flexibility index (Phi) is 5.46. The fourth-order valence-electron chi connectivity index (χ4n) is 2.69. The normalized spacial score (nSPS) is 25.3. The number of aliphatic hydroxyl groups excluding tert-OH is 2. The van der Waals surface area contributed by atoms with Gasteiger partial charge in [-0.2, -0.15) is 0 Å². The van der Waals surface area contributed by atoms with Gasteiger partial charge in [0.15, 0.2) is 29.0 Å². The van der Waals surface area contributed by atoms with Crippen molar-refractivity contribution in [3.63, 3.8) is 0 Å². The molecule has 1 aliphatic rings. The van der Waals surface area contributed by atoms with E-state index in [2.05, 4.69) is 26.8 Å². The number of ether oxygens (including phenoxy) is 2. The number of anilines is 1.